The molecule has 6 nitrogen and oxygen atoms in total. The van der Waals surface area contributed by atoms with Crippen LogP contribution in [0.15, 0.2) is 34.2 Å². The summed E-state index contributed by atoms with van der Waals surface area (Å²) in [5.41, 5.74) is 3.91. The molecular formula is C22H27N3O3S. The number of benzene rings is 1. The summed E-state index contributed by atoms with van der Waals surface area (Å²) >= 11 is 1.67. The van der Waals surface area contributed by atoms with Crippen molar-refractivity contribution in [3.63, 3.8) is 0 Å². The molecule has 0 N–H and O–H groups in total. The maximum Gasteiger partial charge on any atom is 0.354 e. The number of hydrogen-bond donors (Lipinski definition) is 0. The second-order valence-electron chi connectivity index (χ2n) is 7.45. The molecule has 0 radical (unpaired) electrons. The smallest absolute Gasteiger partial charge is 0.354 e. The van der Waals surface area contributed by atoms with Crippen LogP contribution in [0.25, 0.3) is 10.9 Å². The number of aromatic nitrogens is 3. The molecule has 7 heteroatoms. The van der Waals surface area contributed by atoms with Crippen molar-refractivity contribution in [1.29, 1.82) is 0 Å². The van der Waals surface area contributed by atoms with Crippen LogP contribution in [0.5, 0.6) is 0 Å². The van der Waals surface area contributed by atoms with E-state index in [-0.39, 0.29) is 12.2 Å². The average Bonchev–Trinajstić information content (AvgIpc) is 3.25. The van der Waals surface area contributed by atoms with Crippen molar-refractivity contribution in [2.45, 2.75) is 56.1 Å². The Morgan fingerprint density at radius 1 is 1.28 bits per heavy atom. The fourth-order valence-corrected chi connectivity index (χ4v) is 4.83. The van der Waals surface area contributed by atoms with E-state index in [0.29, 0.717) is 12.3 Å². The van der Waals surface area contributed by atoms with Crippen molar-refractivity contribution < 1.29 is 14.3 Å². The standard InChI is InChI=1S/C22H27N3O3S/c1-5-27-22(26)18-12-20(15(3)24(18)4)29-19-11-16-13-23-25(17(16)10-14(19)2)21-8-6-7-9-28-21/h10-13,21H,5-9H2,1-4H3. The SMILES string of the molecule is CCOC(=O)c1cc(Sc2cc3cnn(C4CCCCO4)c3cc2C)c(C)n1C. The summed E-state index contributed by atoms with van der Waals surface area (Å²) in [6.45, 7) is 7.13. The first-order valence-corrected chi connectivity index (χ1v) is 10.9. The molecule has 3 heterocycles. The number of ether oxygens (including phenoxy) is 2. The highest BCUT2D eigenvalue weighted by atomic mass is 32.2. The molecule has 0 aliphatic carbocycles. The predicted octanol–water partition coefficient (Wildman–Crippen LogP) is 5.02. The first-order valence-electron chi connectivity index (χ1n) is 10.1. The Labute approximate surface area is 175 Å². The van der Waals surface area contributed by atoms with Crippen LogP contribution in [0.2, 0.25) is 0 Å². The van der Waals surface area contributed by atoms with Gasteiger partial charge in [0, 0.05) is 34.5 Å². The molecule has 0 spiro atoms. The van der Waals surface area contributed by atoms with Gasteiger partial charge in [-0.05, 0) is 63.8 Å². The van der Waals surface area contributed by atoms with Gasteiger partial charge < -0.3 is 14.0 Å². The molecular weight excluding hydrogens is 386 g/mol. The Morgan fingerprint density at radius 2 is 2.10 bits per heavy atom. The summed E-state index contributed by atoms with van der Waals surface area (Å²) in [6.07, 6.45) is 5.25. The molecule has 1 aromatic carbocycles. The van der Waals surface area contributed by atoms with Crippen LogP contribution >= 0.6 is 11.8 Å². The van der Waals surface area contributed by atoms with Crippen LogP contribution in [-0.4, -0.2) is 33.5 Å². The maximum absolute atomic E-state index is 12.2. The highest BCUT2D eigenvalue weighted by Gasteiger charge is 2.21. The molecule has 29 heavy (non-hydrogen) atoms. The topological polar surface area (TPSA) is 58.3 Å². The lowest BCUT2D eigenvalue weighted by atomic mass is 10.1. The molecule has 1 fully saturated rings. The van der Waals surface area contributed by atoms with Gasteiger partial charge in [-0.3, -0.25) is 0 Å². The first kappa shape index (κ1) is 20.0. The van der Waals surface area contributed by atoms with E-state index in [1.807, 2.05) is 42.4 Å². The van der Waals surface area contributed by atoms with Crippen molar-refractivity contribution in [1.82, 2.24) is 14.3 Å². The summed E-state index contributed by atoms with van der Waals surface area (Å²) < 4.78 is 15.0. The zero-order chi connectivity index (χ0) is 20.5. The lowest BCUT2D eigenvalue weighted by Gasteiger charge is -2.23. The number of aryl methyl sites for hydroxylation is 1. The third-order valence-corrected chi connectivity index (χ3v) is 6.81. The van der Waals surface area contributed by atoms with Crippen molar-refractivity contribution in [2.24, 2.45) is 7.05 Å². The average molecular weight is 414 g/mol. The minimum absolute atomic E-state index is 0.0302. The van der Waals surface area contributed by atoms with Gasteiger partial charge >= 0.3 is 5.97 Å². The highest BCUT2D eigenvalue weighted by molar-refractivity contribution is 7.99. The van der Waals surface area contributed by atoms with Crippen LogP contribution in [0, 0.1) is 13.8 Å². The van der Waals surface area contributed by atoms with Crippen LogP contribution < -0.4 is 0 Å². The van der Waals surface area contributed by atoms with Gasteiger partial charge in [-0.1, -0.05) is 11.8 Å². The molecule has 0 bridgehead atoms. The van der Waals surface area contributed by atoms with E-state index < -0.39 is 0 Å². The molecule has 4 rings (SSSR count). The van der Waals surface area contributed by atoms with E-state index >= 15 is 0 Å². The largest absolute Gasteiger partial charge is 0.461 e. The number of nitrogens with zero attached hydrogens (tertiary/aromatic N) is 3. The van der Waals surface area contributed by atoms with Crippen molar-refractivity contribution >= 4 is 28.6 Å². The third-order valence-electron chi connectivity index (χ3n) is 5.51. The number of fused-ring (bicyclic) bond motifs is 1. The van der Waals surface area contributed by atoms with Crippen LogP contribution in [0.3, 0.4) is 0 Å². The first-order chi connectivity index (χ1) is 14.0. The normalized spacial score (nSPS) is 17.0. The number of hydrogen-bond acceptors (Lipinski definition) is 5. The maximum atomic E-state index is 12.2. The molecule has 1 atom stereocenters. The third kappa shape index (κ3) is 3.81. The van der Waals surface area contributed by atoms with Gasteiger partial charge in [-0.15, -0.1) is 0 Å². The molecule has 1 saturated heterocycles. The Morgan fingerprint density at radius 3 is 2.83 bits per heavy atom. The van der Waals surface area contributed by atoms with E-state index in [1.165, 1.54) is 12.0 Å². The summed E-state index contributed by atoms with van der Waals surface area (Å²) in [4.78, 5) is 14.4. The monoisotopic (exact) mass is 413 g/mol. The van der Waals surface area contributed by atoms with Gasteiger partial charge in [0.2, 0.25) is 0 Å². The van der Waals surface area contributed by atoms with Gasteiger partial charge in [0.15, 0.2) is 6.23 Å². The van der Waals surface area contributed by atoms with Gasteiger partial charge in [0.25, 0.3) is 0 Å². The van der Waals surface area contributed by atoms with E-state index in [9.17, 15) is 4.79 Å². The summed E-state index contributed by atoms with van der Waals surface area (Å²) in [5.74, 6) is -0.286. The molecule has 0 saturated carbocycles. The number of rotatable bonds is 5. The summed E-state index contributed by atoms with van der Waals surface area (Å²) in [7, 11) is 1.90. The Bertz CT molecular complexity index is 1050. The van der Waals surface area contributed by atoms with Gasteiger partial charge in [0.05, 0.1) is 18.3 Å². The zero-order valence-electron chi connectivity index (χ0n) is 17.4. The van der Waals surface area contributed by atoms with Gasteiger partial charge in [0.1, 0.15) is 5.69 Å². The number of carbonyl (C=O) groups is 1. The Hall–Kier alpha value is -2.25. The molecule has 1 aliphatic heterocycles. The van der Waals surface area contributed by atoms with Crippen LogP contribution in [0.1, 0.15) is 54.2 Å². The van der Waals surface area contributed by atoms with Gasteiger partial charge in [-0.25, -0.2) is 9.48 Å². The molecule has 154 valence electrons. The number of esters is 1. The van der Waals surface area contributed by atoms with E-state index in [2.05, 4.69) is 24.2 Å². The Kier molecular flexibility index (Phi) is 5.69. The minimum atomic E-state index is -0.286. The zero-order valence-corrected chi connectivity index (χ0v) is 18.2. The molecule has 3 aromatic rings. The lowest BCUT2D eigenvalue weighted by molar-refractivity contribution is -0.0366. The molecule has 0 amide bonds. The quantitative estimate of drug-likeness (QED) is 0.550. The fraction of sp³-hybridized carbons (Fsp3) is 0.455. The molecule has 1 unspecified atom stereocenters. The Balaban J connectivity index is 1.64. The second kappa shape index (κ2) is 8.24. The van der Waals surface area contributed by atoms with Crippen molar-refractivity contribution in [2.75, 3.05) is 13.2 Å². The van der Waals surface area contributed by atoms with Crippen LogP contribution in [0.4, 0.5) is 0 Å². The lowest BCUT2D eigenvalue weighted by Crippen LogP contribution is -2.18. The fourth-order valence-electron chi connectivity index (χ4n) is 3.73. The molecule has 1 aliphatic rings. The number of carbonyl (C=O) groups excluding carboxylic acids is 1. The van der Waals surface area contributed by atoms with E-state index in [1.54, 1.807) is 11.8 Å². The summed E-state index contributed by atoms with van der Waals surface area (Å²) in [6, 6.07) is 6.28. The van der Waals surface area contributed by atoms with E-state index in [0.717, 1.165) is 45.8 Å². The summed E-state index contributed by atoms with van der Waals surface area (Å²) in [5, 5.41) is 5.71. The molecule has 2 aromatic heterocycles. The van der Waals surface area contributed by atoms with E-state index in [4.69, 9.17) is 9.47 Å². The predicted molar refractivity (Wildman–Crippen MR) is 114 cm³/mol. The van der Waals surface area contributed by atoms with Crippen LogP contribution in [-0.2, 0) is 16.5 Å². The van der Waals surface area contributed by atoms with Crippen molar-refractivity contribution in [3.8, 4) is 0 Å². The second-order valence-corrected chi connectivity index (χ2v) is 8.53. The van der Waals surface area contributed by atoms with Crippen molar-refractivity contribution in [3.05, 3.63) is 41.3 Å². The van der Waals surface area contributed by atoms with Gasteiger partial charge in [-0.2, -0.15) is 5.10 Å². The highest BCUT2D eigenvalue weighted by Crippen LogP contribution is 2.37. The minimum Gasteiger partial charge on any atom is -0.461 e.